The van der Waals surface area contributed by atoms with E-state index in [0.29, 0.717) is 30.0 Å². The molecule has 5 atom stereocenters. The highest BCUT2D eigenvalue weighted by atomic mass is 16.8. The lowest BCUT2D eigenvalue weighted by Gasteiger charge is -2.23. The van der Waals surface area contributed by atoms with E-state index in [4.69, 9.17) is 34.2 Å². The van der Waals surface area contributed by atoms with Gasteiger partial charge in [0.1, 0.15) is 42.0 Å². The molecular formula is C26H37NO8. The topological polar surface area (TPSA) is 119 Å². The predicted molar refractivity (Wildman–Crippen MR) is 130 cm³/mol. The molecule has 0 spiro atoms. The number of carbonyl (C=O) groups excluding carboxylic acids is 1. The first-order valence-electron chi connectivity index (χ1n) is 11.9. The molecule has 1 aromatic carbocycles. The van der Waals surface area contributed by atoms with Gasteiger partial charge in [-0.25, -0.2) is 4.79 Å². The van der Waals surface area contributed by atoms with Crippen LogP contribution in [0.15, 0.2) is 30.4 Å². The quantitative estimate of drug-likeness (QED) is 0.352. The molecule has 3 N–H and O–H groups in total. The highest BCUT2D eigenvalue weighted by Gasteiger charge is 2.43. The van der Waals surface area contributed by atoms with E-state index in [0.717, 1.165) is 0 Å². The highest BCUT2D eigenvalue weighted by molar-refractivity contribution is 5.98. The number of cyclic esters (lactones) is 1. The second-order valence-electron chi connectivity index (χ2n) is 9.16. The minimum Gasteiger partial charge on any atom is -0.492 e. The van der Waals surface area contributed by atoms with Crippen molar-refractivity contribution in [3.05, 3.63) is 41.5 Å². The molecule has 0 amide bonds. The lowest BCUT2D eigenvalue weighted by molar-refractivity contribution is -0.152. The second kappa shape index (κ2) is 12.0. The van der Waals surface area contributed by atoms with Crippen LogP contribution < -0.4 is 15.2 Å². The molecule has 1 fully saturated rings. The number of aliphatic hydroxyl groups excluding tert-OH is 1. The van der Waals surface area contributed by atoms with E-state index in [9.17, 15) is 9.90 Å². The summed E-state index contributed by atoms with van der Waals surface area (Å²) < 4.78 is 34.4. The van der Waals surface area contributed by atoms with Crippen LogP contribution in [-0.2, 0) is 18.9 Å². The maximum Gasteiger partial charge on any atom is 0.342 e. The number of rotatable bonds is 6. The molecule has 1 aromatic rings. The maximum atomic E-state index is 13.4. The molecule has 1 saturated heterocycles. The van der Waals surface area contributed by atoms with E-state index in [1.54, 1.807) is 31.2 Å². The predicted octanol–water partition coefficient (Wildman–Crippen LogP) is 3.04. The Morgan fingerprint density at radius 2 is 1.89 bits per heavy atom. The van der Waals surface area contributed by atoms with Crippen LogP contribution in [0.4, 0.5) is 0 Å². The standard InChI is InChI=1S/C26H37NO8/c1-16-9-10-19(28)24-22(34-26(3,4)35-24)8-6-7-18-20(31-14-13-27)11-12-21(32-15-30-5)23(18)25(29)33-17(16)2/h6-7,9-12,16-17,19,22,24,28H,8,13-15,27H2,1-5H3/t16-,17+,19?,22+,24-/m1/s1. The summed E-state index contributed by atoms with van der Waals surface area (Å²) in [5, 5.41) is 10.8. The Hall–Kier alpha value is -2.43. The fraction of sp³-hybridized carbons (Fsp3) is 0.577. The normalized spacial score (nSPS) is 28.5. The summed E-state index contributed by atoms with van der Waals surface area (Å²) in [5.41, 5.74) is 6.37. The van der Waals surface area contributed by atoms with E-state index in [1.165, 1.54) is 7.11 Å². The Labute approximate surface area is 206 Å². The zero-order chi connectivity index (χ0) is 25.6. The lowest BCUT2D eigenvalue weighted by atomic mass is 9.98. The van der Waals surface area contributed by atoms with Crippen molar-refractivity contribution in [3.63, 3.8) is 0 Å². The van der Waals surface area contributed by atoms with E-state index < -0.39 is 36.2 Å². The minimum absolute atomic E-state index is 0.0387. The van der Waals surface area contributed by atoms with Crippen LogP contribution >= 0.6 is 0 Å². The summed E-state index contributed by atoms with van der Waals surface area (Å²) in [5.74, 6) is -0.785. The third kappa shape index (κ3) is 6.83. The molecule has 194 valence electrons. The monoisotopic (exact) mass is 491 g/mol. The van der Waals surface area contributed by atoms with Gasteiger partial charge in [0, 0.05) is 25.1 Å². The van der Waals surface area contributed by atoms with E-state index >= 15 is 0 Å². The number of esters is 1. The van der Waals surface area contributed by atoms with Crippen molar-refractivity contribution in [2.24, 2.45) is 11.7 Å². The third-order valence-corrected chi connectivity index (χ3v) is 5.94. The van der Waals surface area contributed by atoms with Gasteiger partial charge < -0.3 is 39.3 Å². The number of fused-ring (bicyclic) bond motifs is 2. The van der Waals surface area contributed by atoms with Gasteiger partial charge in [-0.15, -0.1) is 0 Å². The zero-order valence-electron chi connectivity index (χ0n) is 21.1. The number of hydrogen-bond donors (Lipinski definition) is 2. The van der Waals surface area contributed by atoms with Crippen LogP contribution in [0.3, 0.4) is 0 Å². The molecule has 2 heterocycles. The van der Waals surface area contributed by atoms with Gasteiger partial charge in [-0.2, -0.15) is 0 Å². The number of ether oxygens (including phenoxy) is 6. The van der Waals surface area contributed by atoms with Gasteiger partial charge in [0.2, 0.25) is 0 Å². The number of methoxy groups -OCH3 is 1. The molecule has 0 radical (unpaired) electrons. The Morgan fingerprint density at radius 3 is 2.60 bits per heavy atom. The molecule has 9 heteroatoms. The molecule has 0 aromatic heterocycles. The van der Waals surface area contributed by atoms with Crippen molar-refractivity contribution < 1.29 is 38.3 Å². The summed E-state index contributed by atoms with van der Waals surface area (Å²) in [4.78, 5) is 13.4. The van der Waals surface area contributed by atoms with Crippen LogP contribution in [0.25, 0.3) is 6.08 Å². The molecular weight excluding hydrogens is 454 g/mol. The highest BCUT2D eigenvalue weighted by Crippen LogP contribution is 2.36. The van der Waals surface area contributed by atoms with Gasteiger partial charge in [-0.05, 0) is 39.3 Å². The fourth-order valence-corrected chi connectivity index (χ4v) is 4.04. The average Bonchev–Trinajstić information content (AvgIpc) is 3.13. The van der Waals surface area contributed by atoms with Crippen LogP contribution in [0.1, 0.15) is 50.0 Å². The van der Waals surface area contributed by atoms with Gasteiger partial charge in [-0.1, -0.05) is 31.2 Å². The zero-order valence-corrected chi connectivity index (χ0v) is 21.1. The van der Waals surface area contributed by atoms with E-state index in [1.807, 2.05) is 32.9 Å². The number of benzene rings is 1. The number of carbonyl (C=O) groups is 1. The number of nitrogens with two attached hydrogens (primary N) is 1. The largest absolute Gasteiger partial charge is 0.492 e. The van der Waals surface area contributed by atoms with Gasteiger partial charge in [0.05, 0.1) is 6.10 Å². The maximum absolute atomic E-state index is 13.4. The van der Waals surface area contributed by atoms with Gasteiger partial charge in [0.15, 0.2) is 12.6 Å². The second-order valence-corrected chi connectivity index (χ2v) is 9.16. The van der Waals surface area contributed by atoms with Crippen LogP contribution in [-0.4, -0.2) is 68.3 Å². The molecule has 0 saturated carbocycles. The van der Waals surface area contributed by atoms with Crippen molar-refractivity contribution in [1.82, 2.24) is 0 Å². The Morgan fingerprint density at radius 1 is 1.14 bits per heavy atom. The molecule has 35 heavy (non-hydrogen) atoms. The van der Waals surface area contributed by atoms with Crippen LogP contribution in [0.5, 0.6) is 11.5 Å². The molecule has 9 nitrogen and oxygen atoms in total. The minimum atomic E-state index is -0.881. The third-order valence-electron chi connectivity index (χ3n) is 5.94. The van der Waals surface area contributed by atoms with Crippen molar-refractivity contribution in [2.45, 2.75) is 64.3 Å². The summed E-state index contributed by atoms with van der Waals surface area (Å²) in [6, 6.07) is 3.37. The van der Waals surface area contributed by atoms with Crippen molar-refractivity contribution >= 4 is 12.0 Å². The molecule has 3 rings (SSSR count). The molecule has 2 aliphatic heterocycles. The first kappa shape index (κ1) is 27.2. The molecule has 0 bridgehead atoms. The van der Waals surface area contributed by atoms with Crippen LogP contribution in [0.2, 0.25) is 0 Å². The summed E-state index contributed by atoms with van der Waals surface area (Å²) in [7, 11) is 1.50. The van der Waals surface area contributed by atoms with E-state index in [-0.39, 0.29) is 24.9 Å². The first-order chi connectivity index (χ1) is 16.7. The molecule has 2 aliphatic rings. The first-order valence-corrected chi connectivity index (χ1v) is 11.9. The number of hydrogen-bond acceptors (Lipinski definition) is 9. The summed E-state index contributed by atoms with van der Waals surface area (Å²) in [6.07, 6.45) is 5.24. The Bertz CT molecular complexity index is 928. The molecule has 0 aliphatic carbocycles. The Kier molecular flexibility index (Phi) is 9.32. The average molecular weight is 492 g/mol. The van der Waals surface area contributed by atoms with Crippen molar-refractivity contribution in [1.29, 1.82) is 0 Å². The molecule has 1 unspecified atom stereocenters. The SMILES string of the molecule is COCOc1ccc(OCCN)c2c1C(=O)O[C@@H](C)[C@H](C)C=CC(O)[C@H]1OC(C)(C)O[C@H]1CC=C2. The summed E-state index contributed by atoms with van der Waals surface area (Å²) >= 11 is 0. The van der Waals surface area contributed by atoms with Crippen LogP contribution in [0, 0.1) is 5.92 Å². The van der Waals surface area contributed by atoms with Crippen molar-refractivity contribution in [2.75, 3.05) is 27.1 Å². The fourth-order valence-electron chi connectivity index (χ4n) is 4.04. The van der Waals surface area contributed by atoms with Gasteiger partial charge in [0.25, 0.3) is 0 Å². The Balaban J connectivity index is 2.09. The van der Waals surface area contributed by atoms with Gasteiger partial charge >= 0.3 is 5.97 Å². The van der Waals surface area contributed by atoms with E-state index in [2.05, 4.69) is 0 Å². The van der Waals surface area contributed by atoms with Gasteiger partial charge in [-0.3, -0.25) is 0 Å². The summed E-state index contributed by atoms with van der Waals surface area (Å²) in [6.45, 7) is 7.89. The smallest absolute Gasteiger partial charge is 0.342 e. The number of aliphatic hydroxyl groups is 1. The lowest BCUT2D eigenvalue weighted by Crippen LogP contribution is -2.34. The van der Waals surface area contributed by atoms with Crippen molar-refractivity contribution in [3.8, 4) is 11.5 Å².